The monoisotopic (exact) mass is 300 g/mol. The molecule has 1 aliphatic rings. The molecule has 1 unspecified atom stereocenters. The Morgan fingerprint density at radius 1 is 1.33 bits per heavy atom. The van der Waals surface area contributed by atoms with Gasteiger partial charge in [-0.2, -0.15) is 0 Å². The van der Waals surface area contributed by atoms with Gasteiger partial charge in [0.2, 0.25) is 0 Å². The summed E-state index contributed by atoms with van der Waals surface area (Å²) in [7, 11) is 0. The Morgan fingerprint density at radius 3 is 2.67 bits per heavy atom. The van der Waals surface area contributed by atoms with Gasteiger partial charge in [0.1, 0.15) is 5.60 Å². The van der Waals surface area contributed by atoms with Crippen LogP contribution in [-0.2, 0) is 14.3 Å². The van der Waals surface area contributed by atoms with Gasteiger partial charge in [0.25, 0.3) is 0 Å². The molecule has 0 aliphatic carbocycles. The summed E-state index contributed by atoms with van der Waals surface area (Å²) in [6.07, 6.45) is 2.46. The third kappa shape index (κ3) is 7.32. The Hall–Kier alpha value is -1.30. The largest absolute Gasteiger partial charge is 0.459 e. The number of hydrogen-bond donors (Lipinski definition) is 1. The van der Waals surface area contributed by atoms with Crippen LogP contribution in [0, 0.1) is 0 Å². The second kappa shape index (κ2) is 8.22. The van der Waals surface area contributed by atoms with E-state index in [1.165, 1.54) is 0 Å². The summed E-state index contributed by atoms with van der Waals surface area (Å²) in [6, 6.07) is 0.122. The molecule has 0 bridgehead atoms. The number of likely N-dealkylation sites (tertiary alicyclic amines) is 1. The lowest BCUT2D eigenvalue weighted by Crippen LogP contribution is -2.39. The standard InChI is InChI=1S/C15H28N2O4/c1-5-6-9-20-14(19)17-8-7-12(11-17)16-10-13(18)21-15(2,3)4/h12,16H,5-11H2,1-4H3. The first-order valence-electron chi connectivity index (χ1n) is 7.68. The Kier molecular flexibility index (Phi) is 6.95. The van der Waals surface area contributed by atoms with Crippen molar-refractivity contribution in [2.45, 2.75) is 58.6 Å². The van der Waals surface area contributed by atoms with E-state index in [1.54, 1.807) is 4.90 Å². The number of ether oxygens (including phenoxy) is 2. The lowest BCUT2D eigenvalue weighted by Gasteiger charge is -2.21. The Balaban J connectivity index is 2.22. The minimum atomic E-state index is -0.469. The van der Waals surface area contributed by atoms with Crippen molar-refractivity contribution in [3.05, 3.63) is 0 Å². The summed E-state index contributed by atoms with van der Waals surface area (Å²) in [5, 5.41) is 3.13. The van der Waals surface area contributed by atoms with Crippen LogP contribution in [0.25, 0.3) is 0 Å². The number of rotatable bonds is 6. The van der Waals surface area contributed by atoms with Crippen LogP contribution < -0.4 is 5.32 Å². The van der Waals surface area contributed by atoms with Crippen LogP contribution in [0.5, 0.6) is 0 Å². The molecule has 0 aromatic rings. The number of hydrogen-bond acceptors (Lipinski definition) is 5. The molecular formula is C15H28N2O4. The van der Waals surface area contributed by atoms with E-state index >= 15 is 0 Å². The van der Waals surface area contributed by atoms with Gasteiger partial charge in [-0.25, -0.2) is 4.79 Å². The van der Waals surface area contributed by atoms with E-state index in [2.05, 4.69) is 12.2 Å². The molecule has 0 aromatic carbocycles. The van der Waals surface area contributed by atoms with Crippen molar-refractivity contribution in [3.63, 3.8) is 0 Å². The molecule has 1 aliphatic heterocycles. The van der Waals surface area contributed by atoms with Crippen LogP contribution >= 0.6 is 0 Å². The summed E-state index contributed by atoms with van der Waals surface area (Å²) >= 11 is 0. The third-order valence-electron chi connectivity index (χ3n) is 3.12. The minimum Gasteiger partial charge on any atom is -0.459 e. The first-order valence-corrected chi connectivity index (χ1v) is 7.68. The fourth-order valence-electron chi connectivity index (χ4n) is 2.09. The number of nitrogens with zero attached hydrogens (tertiary/aromatic N) is 1. The van der Waals surface area contributed by atoms with Gasteiger partial charge in [-0.05, 0) is 33.6 Å². The molecule has 0 spiro atoms. The predicted molar refractivity (Wildman–Crippen MR) is 80.1 cm³/mol. The molecule has 21 heavy (non-hydrogen) atoms. The van der Waals surface area contributed by atoms with Crippen LogP contribution in [0.15, 0.2) is 0 Å². The van der Waals surface area contributed by atoms with Gasteiger partial charge in [0.15, 0.2) is 0 Å². The number of amides is 1. The van der Waals surface area contributed by atoms with Crippen LogP contribution in [0.2, 0.25) is 0 Å². The van der Waals surface area contributed by atoms with E-state index < -0.39 is 5.60 Å². The molecule has 0 saturated carbocycles. The zero-order valence-electron chi connectivity index (χ0n) is 13.6. The van der Waals surface area contributed by atoms with Gasteiger partial charge in [-0.1, -0.05) is 13.3 Å². The Labute approximate surface area is 127 Å². The summed E-state index contributed by atoms with van der Waals surface area (Å²) in [5.74, 6) is -0.272. The molecular weight excluding hydrogens is 272 g/mol. The molecule has 0 aromatic heterocycles. The van der Waals surface area contributed by atoms with Crippen molar-refractivity contribution < 1.29 is 19.1 Å². The summed E-state index contributed by atoms with van der Waals surface area (Å²) in [4.78, 5) is 25.1. The van der Waals surface area contributed by atoms with Gasteiger partial charge in [-0.15, -0.1) is 0 Å². The number of carbonyl (C=O) groups excluding carboxylic acids is 2. The summed E-state index contributed by atoms with van der Waals surface area (Å²) < 4.78 is 10.4. The quantitative estimate of drug-likeness (QED) is 0.599. The lowest BCUT2D eigenvalue weighted by molar-refractivity contribution is -0.153. The van der Waals surface area contributed by atoms with E-state index in [0.717, 1.165) is 19.3 Å². The molecule has 1 saturated heterocycles. The zero-order valence-corrected chi connectivity index (χ0v) is 13.6. The van der Waals surface area contributed by atoms with Gasteiger partial charge >= 0.3 is 12.1 Å². The highest BCUT2D eigenvalue weighted by Gasteiger charge is 2.27. The van der Waals surface area contributed by atoms with Crippen LogP contribution in [0.3, 0.4) is 0 Å². The normalized spacial score (nSPS) is 18.7. The number of esters is 1. The minimum absolute atomic E-state index is 0.122. The van der Waals surface area contributed by atoms with E-state index in [4.69, 9.17) is 9.47 Å². The van der Waals surface area contributed by atoms with Crippen molar-refractivity contribution in [3.8, 4) is 0 Å². The Morgan fingerprint density at radius 2 is 2.05 bits per heavy atom. The first kappa shape index (κ1) is 17.8. The molecule has 0 radical (unpaired) electrons. The molecule has 1 rings (SSSR count). The highest BCUT2D eigenvalue weighted by atomic mass is 16.6. The highest BCUT2D eigenvalue weighted by molar-refractivity contribution is 5.72. The molecule has 1 atom stereocenters. The molecule has 122 valence electrons. The topological polar surface area (TPSA) is 67.9 Å². The van der Waals surface area contributed by atoms with E-state index in [-0.39, 0.29) is 24.6 Å². The number of nitrogens with one attached hydrogen (secondary N) is 1. The van der Waals surface area contributed by atoms with Crippen molar-refractivity contribution in [1.29, 1.82) is 0 Å². The maximum absolute atomic E-state index is 11.8. The van der Waals surface area contributed by atoms with Gasteiger partial charge in [0.05, 0.1) is 13.2 Å². The third-order valence-corrected chi connectivity index (χ3v) is 3.12. The predicted octanol–water partition coefficient (Wildman–Crippen LogP) is 1.93. The molecule has 6 heteroatoms. The second-order valence-corrected chi connectivity index (χ2v) is 6.37. The van der Waals surface area contributed by atoms with Crippen molar-refractivity contribution in [2.24, 2.45) is 0 Å². The second-order valence-electron chi connectivity index (χ2n) is 6.37. The average molecular weight is 300 g/mol. The fraction of sp³-hybridized carbons (Fsp3) is 0.867. The summed E-state index contributed by atoms with van der Waals surface area (Å²) in [5.41, 5.74) is -0.469. The highest BCUT2D eigenvalue weighted by Crippen LogP contribution is 2.11. The molecule has 1 fully saturated rings. The number of unbranched alkanes of at least 4 members (excludes halogenated alkanes) is 1. The van der Waals surface area contributed by atoms with Crippen LogP contribution in [0.1, 0.15) is 47.0 Å². The first-order chi connectivity index (χ1) is 9.81. The van der Waals surface area contributed by atoms with Gasteiger partial charge < -0.3 is 19.7 Å². The molecule has 1 heterocycles. The average Bonchev–Trinajstić information content (AvgIpc) is 2.83. The molecule has 1 amide bonds. The zero-order chi connectivity index (χ0) is 15.9. The van der Waals surface area contributed by atoms with Crippen molar-refractivity contribution in [1.82, 2.24) is 10.2 Å². The Bertz CT molecular complexity index is 352. The van der Waals surface area contributed by atoms with E-state index in [0.29, 0.717) is 19.7 Å². The SMILES string of the molecule is CCCCOC(=O)N1CCC(NCC(=O)OC(C)(C)C)C1. The van der Waals surface area contributed by atoms with Gasteiger partial charge in [0, 0.05) is 19.1 Å². The lowest BCUT2D eigenvalue weighted by atomic mass is 10.2. The summed E-state index contributed by atoms with van der Waals surface area (Å²) in [6.45, 7) is 9.46. The van der Waals surface area contributed by atoms with Crippen molar-refractivity contribution >= 4 is 12.1 Å². The fourth-order valence-corrected chi connectivity index (χ4v) is 2.09. The van der Waals surface area contributed by atoms with Gasteiger partial charge in [-0.3, -0.25) is 4.79 Å². The maximum Gasteiger partial charge on any atom is 0.409 e. The molecule has 6 nitrogen and oxygen atoms in total. The van der Waals surface area contributed by atoms with Crippen LogP contribution in [0.4, 0.5) is 4.79 Å². The number of carbonyl (C=O) groups is 2. The smallest absolute Gasteiger partial charge is 0.409 e. The van der Waals surface area contributed by atoms with E-state index in [9.17, 15) is 9.59 Å². The van der Waals surface area contributed by atoms with Crippen molar-refractivity contribution in [2.75, 3.05) is 26.2 Å². The molecule has 1 N–H and O–H groups in total. The van der Waals surface area contributed by atoms with E-state index in [1.807, 2.05) is 20.8 Å². The van der Waals surface area contributed by atoms with Crippen LogP contribution in [-0.4, -0.2) is 54.8 Å². The maximum atomic E-state index is 11.8.